The molecule has 0 radical (unpaired) electrons. The lowest BCUT2D eigenvalue weighted by Gasteiger charge is -2.32. The Kier molecular flexibility index (Phi) is 19.1. The van der Waals surface area contributed by atoms with Crippen LogP contribution in [0.15, 0.2) is 0 Å². The van der Waals surface area contributed by atoms with E-state index in [1.54, 1.807) is 41.5 Å². The summed E-state index contributed by atoms with van der Waals surface area (Å²) in [6.45, 7) is 14.4. The highest BCUT2D eigenvalue weighted by molar-refractivity contribution is 5.82. The van der Waals surface area contributed by atoms with E-state index in [2.05, 4.69) is 0 Å². The average molecular weight is 605 g/mol. The van der Waals surface area contributed by atoms with E-state index in [0.29, 0.717) is 38.5 Å². The molecule has 0 saturated heterocycles. The molecule has 0 spiro atoms. The van der Waals surface area contributed by atoms with Gasteiger partial charge in [-0.3, -0.25) is 9.80 Å². The zero-order valence-electron chi connectivity index (χ0n) is 27.6. The summed E-state index contributed by atoms with van der Waals surface area (Å²) in [6, 6.07) is -1.70. The maximum absolute atomic E-state index is 13.0. The molecule has 2 amide bonds. The zero-order valence-corrected chi connectivity index (χ0v) is 27.6. The van der Waals surface area contributed by atoms with Crippen molar-refractivity contribution < 1.29 is 47.6 Å². The van der Waals surface area contributed by atoms with Gasteiger partial charge >= 0.3 is 24.1 Å². The van der Waals surface area contributed by atoms with E-state index in [1.807, 2.05) is 13.8 Å². The van der Waals surface area contributed by atoms with Crippen molar-refractivity contribution in [2.45, 2.75) is 130 Å². The molecule has 0 aliphatic carbocycles. The molecule has 0 heterocycles. The predicted molar refractivity (Wildman–Crippen MR) is 158 cm³/mol. The summed E-state index contributed by atoms with van der Waals surface area (Å²) in [5.74, 6) is -1.09. The van der Waals surface area contributed by atoms with Crippen LogP contribution in [0.25, 0.3) is 0 Å². The Balaban J connectivity index is 5.12. The van der Waals surface area contributed by atoms with Crippen molar-refractivity contribution in [2.75, 3.05) is 40.9 Å². The molecule has 42 heavy (non-hydrogen) atoms. The van der Waals surface area contributed by atoms with E-state index in [-0.39, 0.29) is 26.7 Å². The molecular weight excluding hydrogens is 548 g/mol. The van der Waals surface area contributed by atoms with Gasteiger partial charge in [0.25, 0.3) is 0 Å². The number of esters is 2. The molecular formula is C30H56N2O10. The minimum Gasteiger partial charge on any atom is -0.464 e. The molecule has 0 aromatic heterocycles. The van der Waals surface area contributed by atoms with Gasteiger partial charge < -0.3 is 28.4 Å². The van der Waals surface area contributed by atoms with Crippen LogP contribution < -0.4 is 0 Å². The third-order valence-electron chi connectivity index (χ3n) is 5.78. The molecule has 12 nitrogen and oxygen atoms in total. The molecule has 0 aromatic rings. The Morgan fingerprint density at radius 2 is 0.929 bits per heavy atom. The average Bonchev–Trinajstić information content (AvgIpc) is 2.87. The maximum atomic E-state index is 13.0. The summed E-state index contributed by atoms with van der Waals surface area (Å²) >= 11 is 0. The monoisotopic (exact) mass is 604 g/mol. The van der Waals surface area contributed by atoms with Crippen LogP contribution in [0.4, 0.5) is 9.59 Å². The molecule has 0 rings (SSSR count). The molecule has 2 atom stereocenters. The van der Waals surface area contributed by atoms with Gasteiger partial charge in [-0.05, 0) is 67.2 Å². The van der Waals surface area contributed by atoms with Gasteiger partial charge in [-0.15, -0.1) is 0 Å². The third kappa shape index (κ3) is 16.7. The topological polar surface area (TPSA) is 130 Å². The van der Waals surface area contributed by atoms with E-state index in [9.17, 15) is 19.2 Å². The highest BCUT2D eigenvalue weighted by atomic mass is 16.6. The van der Waals surface area contributed by atoms with E-state index in [0.717, 1.165) is 12.8 Å². The fraction of sp³-hybridized carbons (Fsp3) is 0.867. The second-order valence-electron chi connectivity index (χ2n) is 12.1. The van der Waals surface area contributed by atoms with E-state index in [1.165, 1.54) is 24.0 Å². The zero-order chi connectivity index (χ0) is 32.3. The summed E-state index contributed by atoms with van der Waals surface area (Å²) in [5.41, 5.74) is -1.47. The van der Waals surface area contributed by atoms with Gasteiger partial charge in [0.05, 0.1) is 13.2 Å². The number of nitrogens with zero attached hydrogens (tertiary/aromatic N) is 2. The van der Waals surface area contributed by atoms with Gasteiger partial charge in [0.15, 0.2) is 0 Å². The van der Waals surface area contributed by atoms with E-state index >= 15 is 0 Å². The first-order valence-corrected chi connectivity index (χ1v) is 14.9. The van der Waals surface area contributed by atoms with Crippen LogP contribution >= 0.6 is 0 Å². The third-order valence-corrected chi connectivity index (χ3v) is 5.78. The SMILES string of the molecule is CCCC[C@@H](C(=O)OCCCCOC(=O)[C@H](CCCC)N(COC)C(=O)OC(C)(C)C)N(COC)C(=O)OC(C)(C)C. The molecule has 12 heteroatoms. The summed E-state index contributed by atoms with van der Waals surface area (Å²) in [6.07, 6.45) is 3.46. The lowest BCUT2D eigenvalue weighted by atomic mass is 10.1. The van der Waals surface area contributed by atoms with Crippen LogP contribution in [0.3, 0.4) is 0 Å². The molecule has 0 aliphatic rings. The van der Waals surface area contributed by atoms with Gasteiger partial charge in [0.2, 0.25) is 0 Å². The maximum Gasteiger partial charge on any atom is 0.412 e. The van der Waals surface area contributed by atoms with Crippen LogP contribution in [0.5, 0.6) is 0 Å². The molecule has 0 aromatic carbocycles. The summed E-state index contributed by atoms with van der Waals surface area (Å²) in [7, 11) is 2.88. The van der Waals surface area contributed by atoms with Gasteiger partial charge in [0.1, 0.15) is 36.7 Å². The van der Waals surface area contributed by atoms with Crippen LogP contribution in [-0.4, -0.2) is 98.1 Å². The highest BCUT2D eigenvalue weighted by Crippen LogP contribution is 2.18. The van der Waals surface area contributed by atoms with Crippen molar-refractivity contribution in [1.29, 1.82) is 0 Å². The Hall–Kier alpha value is -2.60. The molecule has 0 bridgehead atoms. The number of carbonyl (C=O) groups is 4. The molecule has 0 aliphatic heterocycles. The lowest BCUT2D eigenvalue weighted by Crippen LogP contribution is -2.49. The second kappa shape index (κ2) is 20.3. The molecule has 0 saturated carbocycles. The van der Waals surface area contributed by atoms with Crippen LogP contribution in [0.1, 0.15) is 107 Å². The number of ether oxygens (including phenoxy) is 6. The smallest absolute Gasteiger partial charge is 0.412 e. The van der Waals surface area contributed by atoms with E-state index in [4.69, 9.17) is 28.4 Å². The molecule has 0 unspecified atom stereocenters. The number of methoxy groups -OCH3 is 2. The van der Waals surface area contributed by atoms with Gasteiger partial charge in [-0.25, -0.2) is 19.2 Å². The van der Waals surface area contributed by atoms with Crippen molar-refractivity contribution in [3.05, 3.63) is 0 Å². The number of hydrogen-bond donors (Lipinski definition) is 0. The summed E-state index contributed by atoms with van der Waals surface area (Å²) < 4.78 is 32.3. The highest BCUT2D eigenvalue weighted by Gasteiger charge is 2.35. The number of amides is 2. The Morgan fingerprint density at radius 1 is 0.595 bits per heavy atom. The first-order chi connectivity index (χ1) is 19.6. The van der Waals surface area contributed by atoms with Gasteiger partial charge in [0, 0.05) is 14.2 Å². The largest absolute Gasteiger partial charge is 0.464 e. The quantitative estimate of drug-likeness (QED) is 0.0789. The molecule has 246 valence electrons. The van der Waals surface area contributed by atoms with Crippen molar-refractivity contribution in [3.63, 3.8) is 0 Å². The Bertz CT molecular complexity index is 741. The number of unbranched alkanes of at least 4 members (excludes halogenated alkanes) is 3. The predicted octanol–water partition coefficient (Wildman–Crippen LogP) is 5.65. The lowest BCUT2D eigenvalue weighted by molar-refractivity contribution is -0.154. The van der Waals surface area contributed by atoms with Crippen molar-refractivity contribution in [1.82, 2.24) is 9.80 Å². The van der Waals surface area contributed by atoms with Crippen molar-refractivity contribution in [3.8, 4) is 0 Å². The first-order valence-electron chi connectivity index (χ1n) is 14.9. The van der Waals surface area contributed by atoms with Crippen LogP contribution in [0, 0.1) is 0 Å². The van der Waals surface area contributed by atoms with Gasteiger partial charge in [-0.2, -0.15) is 0 Å². The van der Waals surface area contributed by atoms with E-state index < -0.39 is 47.4 Å². The fourth-order valence-electron chi connectivity index (χ4n) is 3.80. The Morgan fingerprint density at radius 3 is 1.19 bits per heavy atom. The van der Waals surface area contributed by atoms with Crippen LogP contribution in [0.2, 0.25) is 0 Å². The minimum absolute atomic E-state index is 0.0844. The fourth-order valence-corrected chi connectivity index (χ4v) is 3.80. The number of rotatable bonds is 19. The number of carbonyl (C=O) groups excluding carboxylic acids is 4. The Labute approximate surface area is 252 Å². The minimum atomic E-state index is -0.850. The first kappa shape index (κ1) is 39.4. The van der Waals surface area contributed by atoms with Crippen molar-refractivity contribution in [2.24, 2.45) is 0 Å². The van der Waals surface area contributed by atoms with Crippen molar-refractivity contribution >= 4 is 24.1 Å². The standard InChI is InChI=1S/C30H56N2O10/c1-11-13-17-23(31(21-37-9)27(35)41-29(3,4)5)25(33)39-19-15-16-20-40-26(34)24(18-14-12-2)32(22-38-10)28(36)42-30(6,7)8/h23-24H,11-22H2,1-10H3/t23-,24-/m0/s1. The summed E-state index contributed by atoms with van der Waals surface area (Å²) in [4.78, 5) is 54.0. The normalized spacial score (nSPS) is 13.1. The molecule has 0 fully saturated rings. The molecule has 0 N–H and O–H groups in total. The second-order valence-corrected chi connectivity index (χ2v) is 12.1. The van der Waals surface area contributed by atoms with Gasteiger partial charge in [-0.1, -0.05) is 39.5 Å². The number of hydrogen-bond acceptors (Lipinski definition) is 10. The van der Waals surface area contributed by atoms with Crippen LogP contribution in [-0.2, 0) is 38.0 Å². The summed E-state index contributed by atoms with van der Waals surface area (Å²) in [5, 5.41) is 0.